The van der Waals surface area contributed by atoms with E-state index in [0.717, 1.165) is 43.8 Å². The molecule has 2 aromatic carbocycles. The Labute approximate surface area is 158 Å². The monoisotopic (exact) mass is 396 g/mol. The van der Waals surface area contributed by atoms with E-state index in [1.807, 2.05) is 12.1 Å². The first-order valence-electron chi connectivity index (χ1n) is 8.68. The van der Waals surface area contributed by atoms with Crippen LogP contribution in [0.5, 0.6) is 0 Å². The number of ether oxygens (including phenoxy) is 1. The number of sulfonamides is 1. The van der Waals surface area contributed by atoms with E-state index in [0.29, 0.717) is 11.8 Å². The molecule has 146 valence electrons. The molecule has 0 spiro atoms. The van der Waals surface area contributed by atoms with E-state index in [-0.39, 0.29) is 11.7 Å². The van der Waals surface area contributed by atoms with Gasteiger partial charge in [0.25, 0.3) is 0 Å². The Bertz CT molecular complexity index is 868. The third-order valence-electron chi connectivity index (χ3n) is 4.50. The molecular formula is C19H22F2N2O3S. The summed E-state index contributed by atoms with van der Waals surface area (Å²) in [7, 11) is -2.08. The summed E-state index contributed by atoms with van der Waals surface area (Å²) in [6, 6.07) is 9.76. The molecule has 27 heavy (non-hydrogen) atoms. The molecule has 0 amide bonds. The lowest BCUT2D eigenvalue weighted by Gasteiger charge is -2.33. The van der Waals surface area contributed by atoms with E-state index in [4.69, 9.17) is 4.74 Å². The average molecular weight is 396 g/mol. The average Bonchev–Trinajstić information content (AvgIpc) is 2.60. The highest BCUT2D eigenvalue weighted by atomic mass is 32.2. The summed E-state index contributed by atoms with van der Waals surface area (Å²) < 4.78 is 58.9. The summed E-state index contributed by atoms with van der Waals surface area (Å²) in [6.07, 6.45) is 2.27. The van der Waals surface area contributed by atoms with E-state index in [2.05, 4.69) is 9.62 Å². The zero-order valence-corrected chi connectivity index (χ0v) is 15.8. The molecule has 1 saturated heterocycles. The highest BCUT2D eigenvalue weighted by Gasteiger charge is 2.20. The first kappa shape index (κ1) is 19.6. The van der Waals surface area contributed by atoms with Crippen LogP contribution in [0.2, 0.25) is 0 Å². The van der Waals surface area contributed by atoms with Gasteiger partial charge in [-0.25, -0.2) is 17.2 Å². The number of nitrogens with zero attached hydrogens (tertiary/aromatic N) is 1. The normalized spacial score (nSPS) is 17.7. The Kier molecular flexibility index (Phi) is 5.96. The van der Waals surface area contributed by atoms with Crippen LogP contribution in [0.1, 0.15) is 18.4 Å². The molecule has 2 aromatic rings. The predicted molar refractivity (Wildman–Crippen MR) is 101 cm³/mol. The maximum Gasteiger partial charge on any atom is 0.236 e. The van der Waals surface area contributed by atoms with Gasteiger partial charge in [0.15, 0.2) is 0 Å². The minimum Gasteiger partial charge on any atom is -0.380 e. The van der Waals surface area contributed by atoms with Crippen molar-refractivity contribution in [1.29, 1.82) is 0 Å². The van der Waals surface area contributed by atoms with Crippen molar-refractivity contribution in [3.63, 3.8) is 0 Å². The molecule has 5 nitrogen and oxygen atoms in total. The molecule has 1 unspecified atom stereocenters. The minimum atomic E-state index is -3.79. The van der Waals surface area contributed by atoms with Gasteiger partial charge in [-0.15, -0.1) is 0 Å². The van der Waals surface area contributed by atoms with Crippen LogP contribution in [-0.2, 0) is 20.5 Å². The van der Waals surface area contributed by atoms with Gasteiger partial charge < -0.3 is 9.64 Å². The van der Waals surface area contributed by atoms with Crippen molar-refractivity contribution in [1.82, 2.24) is 0 Å². The van der Waals surface area contributed by atoms with Gasteiger partial charge in [0.2, 0.25) is 10.0 Å². The Morgan fingerprint density at radius 2 is 1.81 bits per heavy atom. The van der Waals surface area contributed by atoms with Crippen LogP contribution in [0.4, 0.5) is 20.2 Å². The minimum absolute atomic E-state index is 0.0514. The topological polar surface area (TPSA) is 58.6 Å². The van der Waals surface area contributed by atoms with Gasteiger partial charge in [-0.3, -0.25) is 4.72 Å². The van der Waals surface area contributed by atoms with Crippen molar-refractivity contribution >= 4 is 21.4 Å². The highest BCUT2D eigenvalue weighted by Crippen LogP contribution is 2.24. The third-order valence-corrected chi connectivity index (χ3v) is 5.76. The van der Waals surface area contributed by atoms with Crippen LogP contribution in [-0.4, -0.2) is 34.7 Å². The summed E-state index contributed by atoms with van der Waals surface area (Å²) in [5.74, 6) is -2.12. The van der Waals surface area contributed by atoms with Crippen molar-refractivity contribution in [2.45, 2.75) is 24.7 Å². The number of benzene rings is 2. The predicted octanol–water partition coefficient (Wildman–Crippen LogP) is 3.52. The molecule has 1 aliphatic rings. The molecule has 1 heterocycles. The van der Waals surface area contributed by atoms with Crippen molar-refractivity contribution in [2.24, 2.45) is 0 Å². The first-order valence-corrected chi connectivity index (χ1v) is 10.3. The molecule has 1 aliphatic heterocycles. The van der Waals surface area contributed by atoms with Crippen molar-refractivity contribution < 1.29 is 21.9 Å². The van der Waals surface area contributed by atoms with E-state index in [9.17, 15) is 17.2 Å². The summed E-state index contributed by atoms with van der Waals surface area (Å²) in [4.78, 5) is 2.20. The van der Waals surface area contributed by atoms with E-state index >= 15 is 0 Å². The fourth-order valence-corrected chi connectivity index (χ4v) is 4.41. The number of methoxy groups -OCH3 is 1. The van der Waals surface area contributed by atoms with Crippen molar-refractivity contribution in [3.05, 3.63) is 59.7 Å². The number of piperidine rings is 1. The largest absolute Gasteiger partial charge is 0.380 e. The quantitative estimate of drug-likeness (QED) is 0.812. The van der Waals surface area contributed by atoms with Gasteiger partial charge in [0.05, 0.1) is 11.9 Å². The van der Waals surface area contributed by atoms with Crippen molar-refractivity contribution in [3.8, 4) is 0 Å². The number of hydrogen-bond donors (Lipinski definition) is 1. The van der Waals surface area contributed by atoms with Crippen LogP contribution in [0.3, 0.4) is 0 Å². The Balaban J connectivity index is 1.66. The molecular weight excluding hydrogens is 374 g/mol. The van der Waals surface area contributed by atoms with Crippen LogP contribution in [0, 0.1) is 11.6 Å². The Hall–Kier alpha value is -2.19. The fraction of sp³-hybridized carbons (Fsp3) is 0.368. The number of nitrogens with one attached hydrogen (secondary N) is 1. The lowest BCUT2D eigenvalue weighted by atomic mass is 10.1. The zero-order valence-electron chi connectivity index (χ0n) is 15.0. The molecule has 0 aromatic heterocycles. The summed E-state index contributed by atoms with van der Waals surface area (Å²) in [6.45, 7) is 1.72. The van der Waals surface area contributed by atoms with E-state index in [1.165, 1.54) is 0 Å². The summed E-state index contributed by atoms with van der Waals surface area (Å²) in [5, 5.41) is 0. The molecule has 1 fully saturated rings. The molecule has 0 bridgehead atoms. The third kappa shape index (κ3) is 5.40. The second kappa shape index (κ2) is 8.22. The maximum absolute atomic E-state index is 13.2. The number of halogens is 2. The van der Waals surface area contributed by atoms with Crippen LogP contribution in [0.15, 0.2) is 42.5 Å². The van der Waals surface area contributed by atoms with E-state index in [1.54, 1.807) is 19.2 Å². The summed E-state index contributed by atoms with van der Waals surface area (Å²) >= 11 is 0. The maximum atomic E-state index is 13.2. The lowest BCUT2D eigenvalue weighted by molar-refractivity contribution is 0.0893. The van der Waals surface area contributed by atoms with Gasteiger partial charge in [0, 0.05) is 37.6 Å². The van der Waals surface area contributed by atoms with Gasteiger partial charge in [-0.05, 0) is 54.8 Å². The molecule has 8 heteroatoms. The molecule has 1 atom stereocenters. The molecule has 0 radical (unpaired) electrons. The molecule has 1 N–H and O–H groups in total. The van der Waals surface area contributed by atoms with Crippen LogP contribution in [0.25, 0.3) is 0 Å². The Morgan fingerprint density at radius 1 is 1.15 bits per heavy atom. The lowest BCUT2D eigenvalue weighted by Crippen LogP contribution is -2.39. The van der Waals surface area contributed by atoms with Gasteiger partial charge in [-0.1, -0.05) is 0 Å². The van der Waals surface area contributed by atoms with E-state index < -0.39 is 27.4 Å². The van der Waals surface area contributed by atoms with Gasteiger partial charge >= 0.3 is 0 Å². The van der Waals surface area contributed by atoms with Gasteiger partial charge in [-0.2, -0.15) is 0 Å². The second-order valence-electron chi connectivity index (χ2n) is 6.63. The SMILES string of the molecule is COC1CCCN(c2ccc(NS(=O)(=O)Cc3cc(F)cc(F)c3)cc2)C1. The number of anilines is 2. The van der Waals surface area contributed by atoms with Crippen LogP contribution < -0.4 is 9.62 Å². The second-order valence-corrected chi connectivity index (χ2v) is 8.35. The molecule has 3 rings (SSSR count). The standard InChI is InChI=1S/C19H22F2N2O3S/c1-26-19-3-2-8-23(12-19)18-6-4-17(5-7-18)22-27(24,25)13-14-9-15(20)11-16(21)10-14/h4-7,9-11,19,22H,2-3,8,12-13H2,1H3. The highest BCUT2D eigenvalue weighted by molar-refractivity contribution is 7.91. The smallest absolute Gasteiger partial charge is 0.236 e. The van der Waals surface area contributed by atoms with Crippen LogP contribution >= 0.6 is 0 Å². The zero-order chi connectivity index (χ0) is 19.4. The molecule has 0 saturated carbocycles. The Morgan fingerprint density at radius 3 is 2.44 bits per heavy atom. The number of rotatable bonds is 6. The number of hydrogen-bond acceptors (Lipinski definition) is 4. The summed E-state index contributed by atoms with van der Waals surface area (Å²) in [5.41, 5.74) is 1.44. The first-order chi connectivity index (χ1) is 12.8. The van der Waals surface area contributed by atoms with Crippen molar-refractivity contribution in [2.75, 3.05) is 29.8 Å². The fourth-order valence-electron chi connectivity index (χ4n) is 3.23. The van der Waals surface area contributed by atoms with Gasteiger partial charge in [0.1, 0.15) is 11.6 Å². The molecule has 0 aliphatic carbocycles.